The van der Waals surface area contributed by atoms with Gasteiger partial charge in [-0.3, -0.25) is 9.78 Å². The molecule has 0 unspecified atom stereocenters. The molecule has 1 aromatic heterocycles. The number of hydrogen-bond acceptors (Lipinski definition) is 3. The van der Waals surface area contributed by atoms with Gasteiger partial charge in [-0.15, -0.1) is 11.3 Å². The molecule has 1 aromatic carbocycles. The number of thiazole rings is 1. The highest BCUT2D eigenvalue weighted by Crippen LogP contribution is 2.50. The minimum atomic E-state index is -0.457. The number of rotatable bonds is 4. The minimum absolute atomic E-state index is 0.00271. The number of likely N-dealkylation sites (N-methyl/N-ethyl adjacent to an activating group) is 1. The molecule has 0 bridgehead atoms. The fraction of sp³-hybridized carbons (Fsp3) is 0.375. The predicted octanol–water partition coefficient (Wildman–Crippen LogP) is 3.53. The maximum atomic E-state index is 13.1. The minimum Gasteiger partial charge on any atom is -0.337 e. The van der Waals surface area contributed by atoms with E-state index in [9.17, 15) is 9.18 Å². The van der Waals surface area contributed by atoms with Gasteiger partial charge in [0, 0.05) is 18.1 Å². The van der Waals surface area contributed by atoms with Crippen LogP contribution in [0.25, 0.3) is 0 Å². The Morgan fingerprint density at radius 3 is 2.57 bits per heavy atom. The summed E-state index contributed by atoms with van der Waals surface area (Å²) in [5.41, 5.74) is 2.23. The number of benzene rings is 1. The molecule has 1 aliphatic rings. The van der Waals surface area contributed by atoms with Gasteiger partial charge in [-0.25, -0.2) is 4.39 Å². The van der Waals surface area contributed by atoms with Gasteiger partial charge in [0.1, 0.15) is 5.82 Å². The van der Waals surface area contributed by atoms with Crippen molar-refractivity contribution < 1.29 is 9.18 Å². The first-order valence-corrected chi connectivity index (χ1v) is 7.84. The fourth-order valence-corrected chi connectivity index (χ4v) is 3.38. The van der Waals surface area contributed by atoms with Gasteiger partial charge in [-0.2, -0.15) is 0 Å². The van der Waals surface area contributed by atoms with E-state index in [1.807, 2.05) is 14.0 Å². The van der Waals surface area contributed by atoms with Gasteiger partial charge in [-0.1, -0.05) is 12.1 Å². The van der Waals surface area contributed by atoms with Crippen molar-refractivity contribution in [1.82, 2.24) is 9.88 Å². The Morgan fingerprint density at radius 1 is 1.38 bits per heavy atom. The summed E-state index contributed by atoms with van der Waals surface area (Å²) in [5, 5.41) is 0. The number of aromatic nitrogens is 1. The third-order valence-corrected chi connectivity index (χ3v) is 5.27. The summed E-state index contributed by atoms with van der Waals surface area (Å²) in [5.74, 6) is -0.164. The van der Waals surface area contributed by atoms with E-state index in [0.717, 1.165) is 23.3 Å². The number of carbonyl (C=O) groups is 1. The van der Waals surface area contributed by atoms with E-state index in [1.165, 1.54) is 12.1 Å². The predicted molar refractivity (Wildman–Crippen MR) is 80.6 cm³/mol. The molecule has 1 saturated carbocycles. The van der Waals surface area contributed by atoms with E-state index in [1.54, 1.807) is 40.1 Å². The smallest absolute Gasteiger partial charge is 0.233 e. The highest BCUT2D eigenvalue weighted by Gasteiger charge is 2.53. The lowest BCUT2D eigenvalue weighted by atomic mass is 9.94. The summed E-state index contributed by atoms with van der Waals surface area (Å²) >= 11 is 1.55. The van der Waals surface area contributed by atoms with Crippen LogP contribution >= 0.6 is 11.3 Å². The summed E-state index contributed by atoms with van der Waals surface area (Å²) in [7, 11) is 1.83. The molecule has 1 heterocycles. The van der Waals surface area contributed by atoms with Gasteiger partial charge < -0.3 is 4.90 Å². The molecule has 0 spiro atoms. The first-order valence-electron chi connectivity index (χ1n) is 6.96. The van der Waals surface area contributed by atoms with Crippen LogP contribution in [0.4, 0.5) is 4.39 Å². The Kier molecular flexibility index (Phi) is 3.53. The average Bonchev–Trinajstić information content (AvgIpc) is 3.12. The van der Waals surface area contributed by atoms with Crippen molar-refractivity contribution in [3.8, 4) is 0 Å². The lowest BCUT2D eigenvalue weighted by Gasteiger charge is -2.28. The highest BCUT2D eigenvalue weighted by atomic mass is 32.1. The van der Waals surface area contributed by atoms with Crippen molar-refractivity contribution in [1.29, 1.82) is 0 Å². The van der Waals surface area contributed by atoms with Crippen LogP contribution in [0.2, 0.25) is 0 Å². The van der Waals surface area contributed by atoms with Gasteiger partial charge in [0.15, 0.2) is 0 Å². The average molecular weight is 304 g/mol. The quantitative estimate of drug-likeness (QED) is 0.865. The Balaban J connectivity index is 1.82. The Morgan fingerprint density at radius 2 is 2.05 bits per heavy atom. The van der Waals surface area contributed by atoms with Crippen molar-refractivity contribution in [3.05, 3.63) is 52.2 Å². The van der Waals surface area contributed by atoms with Gasteiger partial charge in [0.2, 0.25) is 5.91 Å². The van der Waals surface area contributed by atoms with Crippen LogP contribution in [0.1, 0.15) is 36.2 Å². The number of carbonyl (C=O) groups excluding carboxylic acids is 1. The number of halogens is 1. The lowest BCUT2D eigenvalue weighted by molar-refractivity contribution is -0.134. The molecule has 110 valence electrons. The maximum Gasteiger partial charge on any atom is 0.233 e. The van der Waals surface area contributed by atoms with Crippen molar-refractivity contribution >= 4 is 17.2 Å². The molecule has 3 rings (SSSR count). The van der Waals surface area contributed by atoms with Crippen molar-refractivity contribution in [2.75, 3.05) is 7.05 Å². The van der Waals surface area contributed by atoms with E-state index in [-0.39, 0.29) is 17.8 Å². The number of hydrogen-bond donors (Lipinski definition) is 0. The SMILES string of the molecule is C[C@@H](c1cncs1)N(C)C(=O)C1(c2ccc(F)cc2)CC1. The second-order valence-electron chi connectivity index (χ2n) is 5.58. The number of nitrogens with zero attached hydrogens (tertiary/aromatic N) is 2. The topological polar surface area (TPSA) is 33.2 Å². The zero-order valence-electron chi connectivity index (χ0n) is 12.0. The Hall–Kier alpha value is -1.75. The molecule has 0 saturated heterocycles. The maximum absolute atomic E-state index is 13.1. The molecule has 0 radical (unpaired) electrons. The van der Waals surface area contributed by atoms with Crippen LogP contribution in [0.5, 0.6) is 0 Å². The van der Waals surface area contributed by atoms with Gasteiger partial charge in [-0.05, 0) is 37.5 Å². The normalized spacial score (nSPS) is 17.3. The van der Waals surface area contributed by atoms with Crippen LogP contribution in [-0.4, -0.2) is 22.8 Å². The molecule has 2 aromatic rings. The molecule has 3 nitrogen and oxygen atoms in total. The monoisotopic (exact) mass is 304 g/mol. The molecule has 1 amide bonds. The van der Waals surface area contributed by atoms with Gasteiger partial charge in [0.05, 0.1) is 17.0 Å². The first kappa shape index (κ1) is 14.2. The zero-order chi connectivity index (χ0) is 15.0. The fourth-order valence-electron chi connectivity index (χ4n) is 2.66. The van der Waals surface area contributed by atoms with E-state index in [0.29, 0.717) is 0 Å². The first-order chi connectivity index (χ1) is 10.0. The second kappa shape index (κ2) is 5.22. The van der Waals surface area contributed by atoms with E-state index < -0.39 is 5.41 Å². The van der Waals surface area contributed by atoms with Crippen molar-refractivity contribution in [2.24, 2.45) is 0 Å². The highest BCUT2D eigenvalue weighted by molar-refractivity contribution is 7.09. The third-order valence-electron chi connectivity index (χ3n) is 4.32. The molecule has 1 aliphatic carbocycles. The number of amides is 1. The van der Waals surface area contributed by atoms with Crippen LogP contribution in [0, 0.1) is 5.82 Å². The van der Waals surface area contributed by atoms with Gasteiger partial charge in [0.25, 0.3) is 0 Å². The van der Waals surface area contributed by atoms with Crippen LogP contribution in [-0.2, 0) is 10.2 Å². The summed E-state index contributed by atoms with van der Waals surface area (Å²) in [6, 6.07) is 6.31. The van der Waals surface area contributed by atoms with Gasteiger partial charge >= 0.3 is 0 Å². The zero-order valence-corrected chi connectivity index (χ0v) is 12.9. The van der Waals surface area contributed by atoms with E-state index >= 15 is 0 Å². The van der Waals surface area contributed by atoms with E-state index in [2.05, 4.69) is 4.98 Å². The lowest BCUT2D eigenvalue weighted by Crippen LogP contribution is -2.38. The van der Waals surface area contributed by atoms with Crippen molar-refractivity contribution in [3.63, 3.8) is 0 Å². The van der Waals surface area contributed by atoms with Crippen LogP contribution in [0.3, 0.4) is 0 Å². The summed E-state index contributed by atoms with van der Waals surface area (Å²) in [4.78, 5) is 19.8. The van der Waals surface area contributed by atoms with Crippen LogP contribution in [0.15, 0.2) is 36.0 Å². The molecule has 1 atom stereocenters. The molecule has 0 N–H and O–H groups in total. The molecule has 5 heteroatoms. The summed E-state index contributed by atoms with van der Waals surface area (Å²) in [6.45, 7) is 2.01. The largest absolute Gasteiger partial charge is 0.337 e. The van der Waals surface area contributed by atoms with E-state index in [4.69, 9.17) is 0 Å². The molecular formula is C16H17FN2OS. The van der Waals surface area contributed by atoms with Crippen molar-refractivity contribution in [2.45, 2.75) is 31.2 Å². The summed E-state index contributed by atoms with van der Waals surface area (Å²) < 4.78 is 13.1. The summed E-state index contributed by atoms with van der Waals surface area (Å²) in [6.07, 6.45) is 3.46. The molecule has 21 heavy (non-hydrogen) atoms. The van der Waals surface area contributed by atoms with Crippen LogP contribution < -0.4 is 0 Å². The molecular weight excluding hydrogens is 287 g/mol. The molecule has 1 fully saturated rings. The third kappa shape index (κ3) is 2.46. The standard InChI is InChI=1S/C16H17FN2OS/c1-11(14-9-18-10-21-14)19(2)15(20)16(7-8-16)12-3-5-13(17)6-4-12/h3-6,9-11H,7-8H2,1-2H3/t11-/m0/s1. The Labute approximate surface area is 127 Å². The molecule has 0 aliphatic heterocycles. The Bertz CT molecular complexity index is 635. The second-order valence-corrected chi connectivity index (χ2v) is 6.50.